The number of amides is 1. The van der Waals surface area contributed by atoms with Crippen molar-refractivity contribution in [1.82, 2.24) is 4.98 Å². The molecule has 5 nitrogen and oxygen atoms in total. The molecule has 2 aromatic rings. The zero-order valence-electron chi connectivity index (χ0n) is 9.68. The minimum absolute atomic E-state index is 0.192. The van der Waals surface area contributed by atoms with Crippen LogP contribution in [0.25, 0.3) is 0 Å². The third-order valence-corrected chi connectivity index (χ3v) is 2.50. The molecule has 0 aliphatic carbocycles. The first-order chi connectivity index (χ1) is 8.56. The summed E-state index contributed by atoms with van der Waals surface area (Å²) in [7, 11) is 0. The average molecular weight is 266 g/mol. The normalized spacial score (nSPS) is 12.2. The van der Waals surface area contributed by atoms with E-state index in [-0.39, 0.29) is 17.6 Å². The molecule has 1 amide bonds. The van der Waals surface area contributed by atoms with Crippen LogP contribution < -0.4 is 11.1 Å². The number of anilines is 1. The molecule has 0 spiro atoms. The molecule has 18 heavy (non-hydrogen) atoms. The molecule has 0 bridgehead atoms. The molecule has 1 heterocycles. The number of aromatic nitrogens is 1. The molecule has 1 aromatic carbocycles. The zero-order chi connectivity index (χ0) is 13.1. The summed E-state index contributed by atoms with van der Waals surface area (Å²) >= 11 is 5.75. The number of nitrogens with two attached hydrogens (primary N) is 1. The SMILES string of the molecule is CC(N)c1nc(C(=O)Nc2ccc(Cl)cc2)co1. The van der Waals surface area contributed by atoms with Gasteiger partial charge in [0.2, 0.25) is 5.89 Å². The van der Waals surface area contributed by atoms with E-state index in [1.165, 1.54) is 6.26 Å². The molecular weight excluding hydrogens is 254 g/mol. The van der Waals surface area contributed by atoms with Crippen LogP contribution in [0, 0.1) is 0 Å². The second kappa shape index (κ2) is 5.20. The fraction of sp³-hybridized carbons (Fsp3) is 0.167. The van der Waals surface area contributed by atoms with Crippen LogP contribution in [-0.2, 0) is 0 Å². The molecule has 0 aliphatic heterocycles. The lowest BCUT2D eigenvalue weighted by atomic mass is 10.3. The molecule has 1 unspecified atom stereocenters. The lowest BCUT2D eigenvalue weighted by molar-refractivity contribution is 0.102. The van der Waals surface area contributed by atoms with Crippen LogP contribution in [0.1, 0.15) is 29.3 Å². The Morgan fingerprint density at radius 3 is 2.67 bits per heavy atom. The third-order valence-electron chi connectivity index (χ3n) is 2.25. The fourth-order valence-electron chi connectivity index (χ4n) is 1.33. The van der Waals surface area contributed by atoms with Gasteiger partial charge in [-0.05, 0) is 31.2 Å². The van der Waals surface area contributed by atoms with Crippen LogP contribution in [0.5, 0.6) is 0 Å². The molecule has 0 saturated carbocycles. The number of halogens is 1. The van der Waals surface area contributed by atoms with Gasteiger partial charge >= 0.3 is 0 Å². The lowest BCUT2D eigenvalue weighted by Gasteiger charge is -2.02. The predicted molar refractivity (Wildman–Crippen MR) is 68.5 cm³/mol. The van der Waals surface area contributed by atoms with Gasteiger partial charge in [0.15, 0.2) is 5.69 Å². The number of oxazole rings is 1. The van der Waals surface area contributed by atoms with Crippen LogP contribution in [0.4, 0.5) is 5.69 Å². The molecule has 0 aliphatic rings. The smallest absolute Gasteiger partial charge is 0.277 e. The van der Waals surface area contributed by atoms with Crippen molar-refractivity contribution >= 4 is 23.2 Å². The van der Waals surface area contributed by atoms with E-state index in [4.69, 9.17) is 21.8 Å². The highest BCUT2D eigenvalue weighted by Gasteiger charge is 2.14. The standard InChI is InChI=1S/C12H12ClN3O2/c1-7(14)12-16-10(6-18-12)11(17)15-9-4-2-8(13)3-5-9/h2-7H,14H2,1H3,(H,15,17). The number of hydrogen-bond donors (Lipinski definition) is 2. The molecule has 94 valence electrons. The Bertz CT molecular complexity index is 549. The van der Waals surface area contributed by atoms with Crippen molar-refractivity contribution < 1.29 is 9.21 Å². The Morgan fingerprint density at radius 1 is 1.44 bits per heavy atom. The summed E-state index contributed by atoms with van der Waals surface area (Å²) in [6.07, 6.45) is 1.28. The molecule has 3 N–H and O–H groups in total. The van der Waals surface area contributed by atoms with Gasteiger partial charge in [-0.1, -0.05) is 11.6 Å². The first-order valence-electron chi connectivity index (χ1n) is 5.34. The lowest BCUT2D eigenvalue weighted by Crippen LogP contribution is -2.13. The molecule has 0 radical (unpaired) electrons. The van der Waals surface area contributed by atoms with Gasteiger partial charge in [0, 0.05) is 10.7 Å². The van der Waals surface area contributed by atoms with Gasteiger partial charge in [-0.15, -0.1) is 0 Å². The van der Waals surface area contributed by atoms with Crippen LogP contribution in [0.2, 0.25) is 5.02 Å². The van der Waals surface area contributed by atoms with E-state index in [0.29, 0.717) is 16.6 Å². The first kappa shape index (κ1) is 12.6. The summed E-state index contributed by atoms with van der Waals surface area (Å²) < 4.78 is 5.09. The van der Waals surface area contributed by atoms with E-state index >= 15 is 0 Å². The Labute approximate surface area is 109 Å². The van der Waals surface area contributed by atoms with E-state index in [9.17, 15) is 4.79 Å². The molecule has 2 rings (SSSR count). The largest absolute Gasteiger partial charge is 0.446 e. The second-order valence-corrected chi connectivity index (χ2v) is 4.26. The highest BCUT2D eigenvalue weighted by Crippen LogP contribution is 2.15. The maximum atomic E-state index is 11.8. The summed E-state index contributed by atoms with van der Waals surface area (Å²) in [5.74, 6) is -0.0239. The molecular formula is C12H12ClN3O2. The minimum atomic E-state index is -0.354. The second-order valence-electron chi connectivity index (χ2n) is 3.82. The van der Waals surface area contributed by atoms with Gasteiger partial charge in [-0.25, -0.2) is 4.98 Å². The van der Waals surface area contributed by atoms with Crippen LogP contribution in [0.15, 0.2) is 34.9 Å². The van der Waals surface area contributed by atoms with Crippen molar-refractivity contribution in [3.8, 4) is 0 Å². The maximum absolute atomic E-state index is 11.8. The number of carbonyl (C=O) groups excluding carboxylic acids is 1. The van der Waals surface area contributed by atoms with Gasteiger partial charge in [0.25, 0.3) is 5.91 Å². The highest BCUT2D eigenvalue weighted by molar-refractivity contribution is 6.30. The van der Waals surface area contributed by atoms with Crippen molar-refractivity contribution in [2.45, 2.75) is 13.0 Å². The molecule has 1 atom stereocenters. The third kappa shape index (κ3) is 2.88. The molecule has 0 saturated heterocycles. The fourth-order valence-corrected chi connectivity index (χ4v) is 1.46. The van der Waals surface area contributed by atoms with Gasteiger partial charge in [-0.3, -0.25) is 4.79 Å². The van der Waals surface area contributed by atoms with Crippen molar-refractivity contribution in [2.24, 2.45) is 5.73 Å². The van der Waals surface area contributed by atoms with E-state index in [2.05, 4.69) is 10.3 Å². The summed E-state index contributed by atoms with van der Waals surface area (Å²) in [4.78, 5) is 15.8. The van der Waals surface area contributed by atoms with Gasteiger partial charge < -0.3 is 15.5 Å². The molecule has 1 aromatic heterocycles. The summed E-state index contributed by atoms with van der Waals surface area (Å²) in [6.45, 7) is 1.73. The van der Waals surface area contributed by atoms with E-state index < -0.39 is 0 Å². The number of nitrogens with one attached hydrogen (secondary N) is 1. The number of nitrogens with zero attached hydrogens (tertiary/aromatic N) is 1. The van der Waals surface area contributed by atoms with Gasteiger partial charge in [0.1, 0.15) is 6.26 Å². The van der Waals surface area contributed by atoms with Crippen molar-refractivity contribution in [3.05, 3.63) is 47.1 Å². The average Bonchev–Trinajstić information content (AvgIpc) is 2.81. The quantitative estimate of drug-likeness (QED) is 0.894. The number of hydrogen-bond acceptors (Lipinski definition) is 4. The zero-order valence-corrected chi connectivity index (χ0v) is 10.4. The van der Waals surface area contributed by atoms with Crippen molar-refractivity contribution in [2.75, 3.05) is 5.32 Å². The number of benzene rings is 1. The number of carbonyl (C=O) groups is 1. The van der Waals surface area contributed by atoms with Crippen molar-refractivity contribution in [3.63, 3.8) is 0 Å². The van der Waals surface area contributed by atoms with Gasteiger partial charge in [0.05, 0.1) is 6.04 Å². The Balaban J connectivity index is 2.09. The summed E-state index contributed by atoms with van der Waals surface area (Å²) in [6, 6.07) is 6.43. The summed E-state index contributed by atoms with van der Waals surface area (Å²) in [5, 5.41) is 3.28. The van der Waals surface area contributed by atoms with Crippen molar-refractivity contribution in [1.29, 1.82) is 0 Å². The number of rotatable bonds is 3. The topological polar surface area (TPSA) is 81.1 Å². The van der Waals surface area contributed by atoms with E-state index in [1.54, 1.807) is 31.2 Å². The van der Waals surface area contributed by atoms with Crippen LogP contribution in [0.3, 0.4) is 0 Å². The summed E-state index contributed by atoms with van der Waals surface area (Å²) in [5.41, 5.74) is 6.42. The maximum Gasteiger partial charge on any atom is 0.277 e. The molecule has 6 heteroatoms. The minimum Gasteiger partial charge on any atom is -0.446 e. The monoisotopic (exact) mass is 265 g/mol. The van der Waals surface area contributed by atoms with Gasteiger partial charge in [-0.2, -0.15) is 0 Å². The van der Waals surface area contributed by atoms with E-state index in [1.807, 2.05) is 0 Å². The van der Waals surface area contributed by atoms with Crippen LogP contribution in [-0.4, -0.2) is 10.9 Å². The first-order valence-corrected chi connectivity index (χ1v) is 5.72. The van der Waals surface area contributed by atoms with E-state index in [0.717, 1.165) is 0 Å². The van der Waals surface area contributed by atoms with Crippen LogP contribution >= 0.6 is 11.6 Å². The predicted octanol–water partition coefficient (Wildman–Crippen LogP) is 2.60. The Morgan fingerprint density at radius 2 is 2.11 bits per heavy atom. The Kier molecular flexibility index (Phi) is 3.64. The molecule has 0 fully saturated rings. The Hall–Kier alpha value is -1.85. The highest BCUT2D eigenvalue weighted by atomic mass is 35.5.